The number of rotatable bonds is 5. The second-order valence-electron chi connectivity index (χ2n) is 7.08. The lowest BCUT2D eigenvalue weighted by Gasteiger charge is -2.12. The third kappa shape index (κ3) is 3.78. The smallest absolute Gasteiger partial charge is 0.296 e. The number of benzene rings is 2. The largest absolute Gasteiger partial charge is 0.319 e. The number of hydrogen-bond acceptors (Lipinski definition) is 3. The van der Waals surface area contributed by atoms with Crippen molar-refractivity contribution in [1.29, 1.82) is 0 Å². The average molecular weight is 395 g/mol. The second-order valence-corrected chi connectivity index (χ2v) is 7.08. The molecule has 2 heterocycles. The van der Waals surface area contributed by atoms with Crippen LogP contribution < -0.4 is 5.32 Å². The molecule has 0 saturated heterocycles. The van der Waals surface area contributed by atoms with E-state index in [9.17, 15) is 9.59 Å². The van der Waals surface area contributed by atoms with Crippen molar-refractivity contribution in [2.24, 2.45) is 0 Å². The van der Waals surface area contributed by atoms with Gasteiger partial charge in [0.2, 0.25) is 0 Å². The summed E-state index contributed by atoms with van der Waals surface area (Å²) in [6.45, 7) is 3.89. The Kier molecular flexibility index (Phi) is 5.26. The fraction of sp³-hybridized carbons (Fsp3) is 0.0800. The number of hydrogen-bond donors (Lipinski definition) is 1. The molecule has 4 rings (SSSR count). The van der Waals surface area contributed by atoms with Gasteiger partial charge in [-0.15, -0.1) is 0 Å². The zero-order valence-corrected chi connectivity index (χ0v) is 16.8. The van der Waals surface area contributed by atoms with Gasteiger partial charge in [0.15, 0.2) is 0 Å². The highest BCUT2D eigenvalue weighted by molar-refractivity contribution is 6.47. The van der Waals surface area contributed by atoms with Gasteiger partial charge >= 0.3 is 0 Å². The van der Waals surface area contributed by atoms with Crippen LogP contribution in [0.2, 0.25) is 0 Å². The topological polar surface area (TPSA) is 64.0 Å². The van der Waals surface area contributed by atoms with E-state index in [4.69, 9.17) is 0 Å². The molecule has 5 heteroatoms. The Balaban J connectivity index is 1.78. The summed E-state index contributed by atoms with van der Waals surface area (Å²) in [5.74, 6) is -1.25. The lowest BCUT2D eigenvalue weighted by atomic mass is 10.1. The molecule has 0 saturated carbocycles. The number of ketones is 1. The van der Waals surface area contributed by atoms with Crippen molar-refractivity contribution in [2.45, 2.75) is 13.8 Å². The van der Waals surface area contributed by atoms with Gasteiger partial charge in [-0.25, -0.2) is 0 Å². The highest BCUT2D eigenvalue weighted by atomic mass is 16.2. The van der Waals surface area contributed by atoms with Gasteiger partial charge in [-0.05, 0) is 49.7 Å². The standard InChI is InChI=1S/C25H21N3O2/c1-17-8-10-21(11-9-17)28-18(2)22(16-23(28)19-6-4-3-5-7-19)24(29)25(30)27-20-12-14-26-15-13-20/h3-16H,1-2H3,(H,26,27,30). The van der Waals surface area contributed by atoms with Gasteiger partial charge in [0.1, 0.15) is 0 Å². The third-order valence-corrected chi connectivity index (χ3v) is 5.00. The van der Waals surface area contributed by atoms with Gasteiger partial charge in [-0.1, -0.05) is 48.0 Å². The van der Waals surface area contributed by atoms with Crippen molar-refractivity contribution in [2.75, 3.05) is 5.32 Å². The molecular weight excluding hydrogens is 374 g/mol. The molecule has 2 aromatic carbocycles. The minimum absolute atomic E-state index is 0.376. The number of anilines is 1. The lowest BCUT2D eigenvalue weighted by molar-refractivity contribution is -0.112. The van der Waals surface area contributed by atoms with Crippen molar-refractivity contribution >= 4 is 17.4 Å². The van der Waals surface area contributed by atoms with Gasteiger partial charge in [0.05, 0.1) is 5.69 Å². The normalized spacial score (nSPS) is 10.6. The van der Waals surface area contributed by atoms with Crippen molar-refractivity contribution in [3.05, 3.63) is 102 Å². The first-order chi connectivity index (χ1) is 14.5. The predicted molar refractivity (Wildman–Crippen MR) is 118 cm³/mol. The molecular formula is C25H21N3O2. The van der Waals surface area contributed by atoms with E-state index >= 15 is 0 Å². The molecule has 0 spiro atoms. The van der Waals surface area contributed by atoms with Crippen LogP contribution in [-0.2, 0) is 4.79 Å². The number of amides is 1. The van der Waals surface area contributed by atoms with Crippen molar-refractivity contribution in [1.82, 2.24) is 9.55 Å². The van der Waals surface area contributed by atoms with Gasteiger partial charge < -0.3 is 9.88 Å². The quantitative estimate of drug-likeness (QED) is 0.383. The van der Waals surface area contributed by atoms with Crippen LogP contribution in [0, 0.1) is 13.8 Å². The van der Waals surface area contributed by atoms with Crippen LogP contribution in [0.15, 0.2) is 85.2 Å². The lowest BCUT2D eigenvalue weighted by Crippen LogP contribution is -2.23. The van der Waals surface area contributed by atoms with Crippen molar-refractivity contribution in [3.8, 4) is 16.9 Å². The van der Waals surface area contributed by atoms with Crippen LogP contribution in [0.3, 0.4) is 0 Å². The van der Waals surface area contributed by atoms with Crippen molar-refractivity contribution < 1.29 is 9.59 Å². The number of carbonyl (C=O) groups excluding carboxylic acids is 2. The number of nitrogens with one attached hydrogen (secondary N) is 1. The fourth-order valence-electron chi connectivity index (χ4n) is 3.43. The van der Waals surface area contributed by atoms with E-state index in [2.05, 4.69) is 10.3 Å². The summed E-state index contributed by atoms with van der Waals surface area (Å²) in [5.41, 5.74) is 5.53. The molecule has 0 aliphatic rings. The van der Waals surface area contributed by atoms with E-state index in [1.165, 1.54) is 0 Å². The molecule has 0 atom stereocenters. The number of aryl methyl sites for hydroxylation is 1. The summed E-state index contributed by atoms with van der Waals surface area (Å²) in [4.78, 5) is 29.5. The second kappa shape index (κ2) is 8.17. The Bertz CT molecular complexity index is 1190. The Morgan fingerprint density at radius 2 is 1.53 bits per heavy atom. The molecule has 4 aromatic rings. The Morgan fingerprint density at radius 3 is 2.20 bits per heavy atom. The number of nitrogens with zero attached hydrogens (tertiary/aromatic N) is 2. The van der Waals surface area contributed by atoms with Crippen LogP contribution in [-0.4, -0.2) is 21.2 Å². The van der Waals surface area contributed by atoms with Gasteiger partial charge in [-0.2, -0.15) is 0 Å². The molecule has 0 bridgehead atoms. The molecule has 1 amide bonds. The predicted octanol–water partition coefficient (Wildman–Crippen LogP) is 4.98. The van der Waals surface area contributed by atoms with Gasteiger partial charge in [-0.3, -0.25) is 14.6 Å². The van der Waals surface area contributed by atoms with E-state index in [0.717, 1.165) is 22.5 Å². The molecule has 0 aliphatic carbocycles. The Labute approximate surface area is 175 Å². The maximum atomic E-state index is 13.0. The van der Waals surface area contributed by atoms with E-state index in [0.29, 0.717) is 16.9 Å². The average Bonchev–Trinajstić information content (AvgIpc) is 3.12. The number of pyridine rings is 1. The first-order valence-electron chi connectivity index (χ1n) is 9.65. The molecule has 0 aliphatic heterocycles. The first-order valence-corrected chi connectivity index (χ1v) is 9.65. The number of carbonyl (C=O) groups is 2. The highest BCUT2D eigenvalue weighted by Gasteiger charge is 2.24. The molecule has 1 N–H and O–H groups in total. The van der Waals surface area contributed by atoms with Crippen LogP contribution in [0.5, 0.6) is 0 Å². The third-order valence-electron chi connectivity index (χ3n) is 5.00. The molecule has 0 fully saturated rings. The van der Waals surface area contributed by atoms with E-state index in [1.807, 2.05) is 73.0 Å². The molecule has 30 heavy (non-hydrogen) atoms. The zero-order chi connectivity index (χ0) is 21.1. The van der Waals surface area contributed by atoms with Crippen LogP contribution in [0.1, 0.15) is 21.6 Å². The summed E-state index contributed by atoms with van der Waals surface area (Å²) in [6, 6.07) is 23.0. The Hall–Kier alpha value is -3.99. The Morgan fingerprint density at radius 1 is 0.867 bits per heavy atom. The molecule has 2 aromatic heterocycles. The summed E-state index contributed by atoms with van der Waals surface area (Å²) >= 11 is 0. The minimum atomic E-state index is -0.676. The molecule has 0 unspecified atom stereocenters. The molecule has 0 radical (unpaired) electrons. The highest BCUT2D eigenvalue weighted by Crippen LogP contribution is 2.30. The summed E-state index contributed by atoms with van der Waals surface area (Å²) in [6.07, 6.45) is 3.12. The van der Waals surface area contributed by atoms with Crippen LogP contribution in [0.4, 0.5) is 5.69 Å². The number of Topliss-reactive ketones (excluding diaryl/α,β-unsaturated/α-hetero) is 1. The summed E-state index contributed by atoms with van der Waals surface area (Å²) in [7, 11) is 0. The summed E-state index contributed by atoms with van der Waals surface area (Å²) < 4.78 is 2.02. The van der Waals surface area contributed by atoms with Gasteiger partial charge in [0.25, 0.3) is 11.7 Å². The molecule has 148 valence electrons. The van der Waals surface area contributed by atoms with Crippen molar-refractivity contribution in [3.63, 3.8) is 0 Å². The van der Waals surface area contributed by atoms with E-state index in [1.54, 1.807) is 30.6 Å². The number of aromatic nitrogens is 2. The SMILES string of the molecule is Cc1ccc(-n2c(-c3ccccc3)cc(C(=O)C(=O)Nc3ccncc3)c2C)cc1. The van der Waals surface area contributed by atoms with Crippen LogP contribution >= 0.6 is 0 Å². The minimum Gasteiger partial charge on any atom is -0.319 e. The summed E-state index contributed by atoms with van der Waals surface area (Å²) in [5, 5.41) is 2.65. The fourth-order valence-corrected chi connectivity index (χ4v) is 3.43. The maximum Gasteiger partial charge on any atom is 0.296 e. The van der Waals surface area contributed by atoms with Gasteiger partial charge in [0, 0.05) is 35.0 Å². The van der Waals surface area contributed by atoms with Crippen LogP contribution in [0.25, 0.3) is 16.9 Å². The monoisotopic (exact) mass is 395 g/mol. The zero-order valence-electron chi connectivity index (χ0n) is 16.8. The van der Waals surface area contributed by atoms with E-state index < -0.39 is 11.7 Å². The molecule has 5 nitrogen and oxygen atoms in total. The van der Waals surface area contributed by atoms with E-state index in [-0.39, 0.29) is 0 Å². The first kappa shape index (κ1) is 19.3. The maximum absolute atomic E-state index is 13.0.